The second kappa shape index (κ2) is 6.90. The van der Waals surface area contributed by atoms with Crippen LogP contribution in [0.3, 0.4) is 0 Å². The number of nitrogens with one attached hydrogen (secondary N) is 1. The van der Waals surface area contributed by atoms with E-state index < -0.39 is 11.9 Å². The van der Waals surface area contributed by atoms with Gasteiger partial charge in [-0.25, -0.2) is 0 Å². The zero-order valence-corrected chi connectivity index (χ0v) is 13.9. The summed E-state index contributed by atoms with van der Waals surface area (Å²) >= 11 is 0. The fourth-order valence-electron chi connectivity index (χ4n) is 3.14. The van der Waals surface area contributed by atoms with Crippen molar-refractivity contribution in [1.29, 1.82) is 0 Å². The van der Waals surface area contributed by atoms with E-state index in [4.69, 9.17) is 0 Å². The highest BCUT2D eigenvalue weighted by Crippen LogP contribution is 2.27. The van der Waals surface area contributed by atoms with Crippen LogP contribution < -0.4 is 5.32 Å². The Morgan fingerprint density at radius 3 is 2.64 bits per heavy atom. The van der Waals surface area contributed by atoms with Crippen LogP contribution in [0.5, 0.6) is 0 Å². The number of nitrogens with zero attached hydrogens (tertiary/aromatic N) is 2. The maximum Gasteiger partial charge on any atom is 0.435 e. The fourth-order valence-corrected chi connectivity index (χ4v) is 3.14. The molecule has 3 rings (SSSR count). The van der Waals surface area contributed by atoms with Crippen LogP contribution in [0.4, 0.5) is 13.2 Å². The number of aromatic nitrogens is 2. The summed E-state index contributed by atoms with van der Waals surface area (Å²) in [4.78, 5) is 12.1. The van der Waals surface area contributed by atoms with Gasteiger partial charge in [-0.15, -0.1) is 0 Å². The van der Waals surface area contributed by atoms with Crippen LogP contribution in [0.2, 0.25) is 0 Å². The minimum absolute atomic E-state index is 0.211. The highest BCUT2D eigenvalue weighted by molar-refractivity contribution is 5.76. The summed E-state index contributed by atoms with van der Waals surface area (Å²) in [5, 5.41) is 6.21. The van der Waals surface area contributed by atoms with Gasteiger partial charge in [0.05, 0.1) is 6.04 Å². The van der Waals surface area contributed by atoms with Gasteiger partial charge in [0.15, 0.2) is 5.69 Å². The molecule has 1 unspecified atom stereocenters. The van der Waals surface area contributed by atoms with Gasteiger partial charge in [0.2, 0.25) is 5.91 Å². The summed E-state index contributed by atoms with van der Waals surface area (Å²) in [6, 6.07) is 6.88. The molecule has 1 heterocycles. The van der Waals surface area contributed by atoms with E-state index in [-0.39, 0.29) is 18.5 Å². The van der Waals surface area contributed by atoms with E-state index in [0.717, 1.165) is 35.4 Å². The predicted molar refractivity (Wildman–Crippen MR) is 86.9 cm³/mol. The average molecular weight is 351 g/mol. The Hall–Kier alpha value is -2.31. The highest BCUT2D eigenvalue weighted by atomic mass is 19.4. The minimum Gasteiger partial charge on any atom is -0.348 e. The Morgan fingerprint density at radius 1 is 1.24 bits per heavy atom. The zero-order valence-electron chi connectivity index (χ0n) is 13.9. The Bertz CT molecular complexity index is 767. The molecule has 0 bridgehead atoms. The molecular weight excluding hydrogens is 331 g/mol. The number of hydrogen-bond donors (Lipinski definition) is 1. The van der Waals surface area contributed by atoms with Gasteiger partial charge in [-0.05, 0) is 55.4 Å². The molecule has 1 aliphatic carbocycles. The third kappa shape index (κ3) is 4.21. The molecule has 25 heavy (non-hydrogen) atoms. The number of aryl methyl sites for hydroxylation is 2. The van der Waals surface area contributed by atoms with Gasteiger partial charge in [0, 0.05) is 6.20 Å². The molecular formula is C18H20F3N3O. The van der Waals surface area contributed by atoms with Gasteiger partial charge in [-0.2, -0.15) is 18.3 Å². The monoisotopic (exact) mass is 351 g/mol. The van der Waals surface area contributed by atoms with E-state index in [9.17, 15) is 18.0 Å². The van der Waals surface area contributed by atoms with Gasteiger partial charge in [-0.1, -0.05) is 18.2 Å². The first-order valence-corrected chi connectivity index (χ1v) is 8.34. The summed E-state index contributed by atoms with van der Waals surface area (Å²) in [5.41, 5.74) is 2.70. The SMILES string of the molecule is CC(NC(=O)Cn1ccc(C(F)(F)F)n1)c1ccc2c(c1)CCCC2. The topological polar surface area (TPSA) is 46.9 Å². The van der Waals surface area contributed by atoms with Crippen molar-refractivity contribution in [2.75, 3.05) is 0 Å². The van der Waals surface area contributed by atoms with Crippen molar-refractivity contribution in [2.24, 2.45) is 0 Å². The molecule has 0 saturated carbocycles. The maximum atomic E-state index is 12.5. The Labute approximate surface area is 144 Å². The normalized spacial score (nSPS) is 15.5. The van der Waals surface area contributed by atoms with E-state index in [0.29, 0.717) is 0 Å². The molecule has 1 aliphatic rings. The van der Waals surface area contributed by atoms with Crippen LogP contribution >= 0.6 is 0 Å². The lowest BCUT2D eigenvalue weighted by Gasteiger charge is -2.20. The van der Waals surface area contributed by atoms with Crippen molar-refractivity contribution < 1.29 is 18.0 Å². The van der Waals surface area contributed by atoms with E-state index in [2.05, 4.69) is 22.5 Å². The number of amides is 1. The van der Waals surface area contributed by atoms with Gasteiger partial charge < -0.3 is 5.32 Å². The first-order valence-electron chi connectivity index (χ1n) is 8.34. The Kier molecular flexibility index (Phi) is 4.83. The van der Waals surface area contributed by atoms with Crippen molar-refractivity contribution in [2.45, 2.75) is 51.4 Å². The molecule has 1 N–H and O–H groups in total. The zero-order chi connectivity index (χ0) is 18.0. The Morgan fingerprint density at radius 2 is 1.96 bits per heavy atom. The molecule has 7 heteroatoms. The van der Waals surface area contributed by atoms with Crippen molar-refractivity contribution in [3.8, 4) is 0 Å². The largest absolute Gasteiger partial charge is 0.435 e. The third-order valence-electron chi connectivity index (χ3n) is 4.49. The lowest BCUT2D eigenvalue weighted by atomic mass is 9.89. The summed E-state index contributed by atoms with van der Waals surface area (Å²) in [7, 11) is 0. The number of alkyl halides is 3. The Balaban J connectivity index is 1.61. The standard InChI is InChI=1S/C18H20F3N3O/c1-12(14-7-6-13-4-2-3-5-15(13)10-14)22-17(25)11-24-9-8-16(23-24)18(19,20)21/h6-10,12H,2-5,11H2,1H3,(H,22,25). The van der Waals surface area contributed by atoms with Crippen LogP contribution in [-0.4, -0.2) is 15.7 Å². The van der Waals surface area contributed by atoms with E-state index in [1.54, 1.807) is 0 Å². The molecule has 0 spiro atoms. The van der Waals surface area contributed by atoms with Crippen molar-refractivity contribution in [3.63, 3.8) is 0 Å². The molecule has 2 aromatic rings. The van der Waals surface area contributed by atoms with E-state index >= 15 is 0 Å². The number of carbonyl (C=O) groups excluding carboxylic acids is 1. The second-order valence-corrected chi connectivity index (χ2v) is 6.42. The smallest absolute Gasteiger partial charge is 0.348 e. The summed E-state index contributed by atoms with van der Waals surface area (Å²) < 4.78 is 38.6. The van der Waals surface area contributed by atoms with Crippen molar-refractivity contribution in [1.82, 2.24) is 15.1 Å². The number of fused-ring (bicyclic) bond motifs is 1. The molecule has 0 radical (unpaired) electrons. The molecule has 0 fully saturated rings. The summed E-state index contributed by atoms with van der Waals surface area (Å²) in [6.07, 6.45) is 1.19. The molecule has 1 aromatic heterocycles. The predicted octanol–water partition coefficient (Wildman–Crippen LogP) is 3.66. The maximum absolute atomic E-state index is 12.5. The summed E-state index contributed by atoms with van der Waals surface area (Å²) in [6.45, 7) is 1.62. The molecule has 1 amide bonds. The average Bonchev–Trinajstić information content (AvgIpc) is 3.03. The molecule has 0 aliphatic heterocycles. The quantitative estimate of drug-likeness (QED) is 0.914. The molecule has 1 aromatic carbocycles. The van der Waals surface area contributed by atoms with Gasteiger partial charge in [0.25, 0.3) is 0 Å². The number of hydrogen-bond acceptors (Lipinski definition) is 2. The minimum atomic E-state index is -4.50. The van der Waals surface area contributed by atoms with Gasteiger partial charge in [0.1, 0.15) is 6.54 Å². The second-order valence-electron chi connectivity index (χ2n) is 6.42. The molecule has 1 atom stereocenters. The van der Waals surface area contributed by atoms with E-state index in [1.807, 2.05) is 13.0 Å². The number of benzene rings is 1. The van der Waals surface area contributed by atoms with Crippen LogP contribution in [0.25, 0.3) is 0 Å². The van der Waals surface area contributed by atoms with Crippen molar-refractivity contribution >= 4 is 5.91 Å². The van der Waals surface area contributed by atoms with Crippen LogP contribution in [0, 0.1) is 0 Å². The third-order valence-corrected chi connectivity index (χ3v) is 4.49. The molecule has 4 nitrogen and oxygen atoms in total. The van der Waals surface area contributed by atoms with Crippen molar-refractivity contribution in [3.05, 3.63) is 52.8 Å². The molecule has 0 saturated heterocycles. The highest BCUT2D eigenvalue weighted by Gasteiger charge is 2.33. The molecule has 134 valence electrons. The number of carbonyl (C=O) groups is 1. The van der Waals surface area contributed by atoms with Crippen LogP contribution in [-0.2, 0) is 30.4 Å². The summed E-state index contributed by atoms with van der Waals surface area (Å²) in [5.74, 6) is -0.373. The lowest BCUT2D eigenvalue weighted by molar-refractivity contribution is -0.141. The fraction of sp³-hybridized carbons (Fsp3) is 0.444. The first kappa shape index (κ1) is 17.5. The first-order chi connectivity index (χ1) is 11.8. The number of rotatable bonds is 4. The van der Waals surface area contributed by atoms with Crippen LogP contribution in [0.1, 0.15) is 48.2 Å². The number of halogens is 3. The van der Waals surface area contributed by atoms with Crippen LogP contribution in [0.15, 0.2) is 30.5 Å². The van der Waals surface area contributed by atoms with Gasteiger partial charge in [-0.3, -0.25) is 9.48 Å². The van der Waals surface area contributed by atoms with E-state index in [1.165, 1.54) is 24.0 Å². The van der Waals surface area contributed by atoms with Gasteiger partial charge >= 0.3 is 6.18 Å². The lowest BCUT2D eigenvalue weighted by Crippen LogP contribution is -2.30.